The van der Waals surface area contributed by atoms with E-state index >= 15 is 0 Å². The van der Waals surface area contributed by atoms with Crippen molar-refractivity contribution in [3.8, 4) is 0 Å². The lowest BCUT2D eigenvalue weighted by atomic mass is 9.95. The van der Waals surface area contributed by atoms with E-state index < -0.39 is 0 Å². The van der Waals surface area contributed by atoms with Gasteiger partial charge in [-0.25, -0.2) is 0 Å². The van der Waals surface area contributed by atoms with Gasteiger partial charge in [-0.05, 0) is 35.6 Å². The first-order valence-corrected chi connectivity index (χ1v) is 8.25. The molecule has 3 rings (SSSR count). The summed E-state index contributed by atoms with van der Waals surface area (Å²) in [5.41, 5.74) is 3.65. The van der Waals surface area contributed by atoms with Crippen LogP contribution in [0.5, 0.6) is 0 Å². The lowest BCUT2D eigenvalue weighted by Gasteiger charge is -2.31. The molecule has 0 bridgehead atoms. The third-order valence-electron chi connectivity index (χ3n) is 4.28. The fraction of sp³-hybridized carbons (Fsp3) is 0.368. The highest BCUT2D eigenvalue weighted by atomic mass is 16.2. The molecule has 4 nitrogen and oxygen atoms in total. The molecular weight excluding hydrogens is 286 g/mol. The lowest BCUT2D eigenvalue weighted by molar-refractivity contribution is -0.134. The minimum Gasteiger partial charge on any atom is -0.337 e. The van der Waals surface area contributed by atoms with Crippen LogP contribution in [0.15, 0.2) is 48.8 Å². The van der Waals surface area contributed by atoms with E-state index in [-0.39, 0.29) is 11.9 Å². The normalized spacial score (nSPS) is 16.7. The summed E-state index contributed by atoms with van der Waals surface area (Å²) >= 11 is 0. The molecule has 1 atom stereocenters. The van der Waals surface area contributed by atoms with Crippen LogP contribution in [-0.2, 0) is 24.3 Å². The Morgan fingerprint density at radius 2 is 2.09 bits per heavy atom. The first-order chi connectivity index (χ1) is 11.3. The summed E-state index contributed by atoms with van der Waals surface area (Å²) in [4.78, 5) is 19.0. The van der Waals surface area contributed by atoms with E-state index in [2.05, 4.69) is 35.4 Å². The summed E-state index contributed by atoms with van der Waals surface area (Å²) in [7, 11) is 0. The number of nitrogens with zero attached hydrogens (tertiary/aromatic N) is 2. The summed E-state index contributed by atoms with van der Waals surface area (Å²) in [6, 6.07) is 12.2. The Hall–Kier alpha value is -2.20. The van der Waals surface area contributed by atoms with Crippen LogP contribution in [0, 0.1) is 0 Å². The van der Waals surface area contributed by atoms with Crippen LogP contribution in [0.3, 0.4) is 0 Å². The summed E-state index contributed by atoms with van der Waals surface area (Å²) in [6.07, 6.45) is 5.31. The molecule has 1 aromatic heterocycles. The molecule has 1 aliphatic heterocycles. The van der Waals surface area contributed by atoms with Gasteiger partial charge in [-0.3, -0.25) is 9.78 Å². The monoisotopic (exact) mass is 309 g/mol. The highest BCUT2D eigenvalue weighted by Gasteiger charge is 2.27. The quantitative estimate of drug-likeness (QED) is 0.923. The Morgan fingerprint density at radius 3 is 2.83 bits per heavy atom. The van der Waals surface area contributed by atoms with Gasteiger partial charge in [0.05, 0.1) is 6.04 Å². The first kappa shape index (κ1) is 15.7. The molecule has 0 radical (unpaired) electrons. The second-order valence-electron chi connectivity index (χ2n) is 6.03. The number of aromatic nitrogens is 1. The largest absolute Gasteiger partial charge is 0.337 e. The van der Waals surface area contributed by atoms with Crippen molar-refractivity contribution in [3.63, 3.8) is 0 Å². The fourth-order valence-corrected chi connectivity index (χ4v) is 3.10. The molecule has 4 heteroatoms. The van der Waals surface area contributed by atoms with Gasteiger partial charge in [-0.15, -0.1) is 0 Å². The predicted molar refractivity (Wildman–Crippen MR) is 90.7 cm³/mol. The van der Waals surface area contributed by atoms with Crippen molar-refractivity contribution in [1.82, 2.24) is 15.2 Å². The van der Waals surface area contributed by atoms with Gasteiger partial charge in [0.15, 0.2) is 0 Å². The molecule has 0 spiro atoms. The SMILES string of the molecule is CCCN(Cc1cccnc1)C(=O)[C@H]1Cc2ccccc2CN1. The van der Waals surface area contributed by atoms with Gasteiger partial charge in [0.2, 0.25) is 5.91 Å². The maximum Gasteiger partial charge on any atom is 0.240 e. The topological polar surface area (TPSA) is 45.2 Å². The Kier molecular flexibility index (Phi) is 5.03. The van der Waals surface area contributed by atoms with Crippen molar-refractivity contribution >= 4 is 5.91 Å². The number of hydrogen-bond donors (Lipinski definition) is 1. The van der Waals surface area contributed by atoms with E-state index in [1.807, 2.05) is 29.3 Å². The molecular formula is C19H23N3O. The van der Waals surface area contributed by atoms with E-state index in [0.717, 1.165) is 31.5 Å². The van der Waals surface area contributed by atoms with Crippen LogP contribution in [0.25, 0.3) is 0 Å². The summed E-state index contributed by atoms with van der Waals surface area (Å²) < 4.78 is 0. The van der Waals surface area contributed by atoms with E-state index in [4.69, 9.17) is 0 Å². The number of amides is 1. The molecule has 1 N–H and O–H groups in total. The Balaban J connectivity index is 1.71. The van der Waals surface area contributed by atoms with Crippen LogP contribution < -0.4 is 5.32 Å². The number of carbonyl (C=O) groups excluding carboxylic acids is 1. The van der Waals surface area contributed by atoms with Gasteiger partial charge < -0.3 is 10.2 Å². The molecule has 1 amide bonds. The summed E-state index contributed by atoms with van der Waals surface area (Å²) in [6.45, 7) is 4.26. The molecule has 2 heterocycles. The van der Waals surface area contributed by atoms with Crippen molar-refractivity contribution in [2.24, 2.45) is 0 Å². The lowest BCUT2D eigenvalue weighted by Crippen LogP contribution is -2.49. The number of pyridine rings is 1. The van der Waals surface area contributed by atoms with Gasteiger partial charge >= 0.3 is 0 Å². The average molecular weight is 309 g/mol. The van der Waals surface area contributed by atoms with Crippen molar-refractivity contribution < 1.29 is 4.79 Å². The van der Waals surface area contributed by atoms with Gasteiger partial charge in [0, 0.05) is 32.0 Å². The fourth-order valence-electron chi connectivity index (χ4n) is 3.10. The van der Waals surface area contributed by atoms with Crippen LogP contribution in [0.2, 0.25) is 0 Å². The standard InChI is InChI=1S/C19H23N3O/c1-2-10-22(14-15-6-5-9-20-12-15)19(23)18-11-16-7-3-4-8-17(16)13-21-18/h3-9,12,18,21H,2,10-11,13-14H2,1H3/t18-/m1/s1. The van der Waals surface area contributed by atoms with Crippen molar-refractivity contribution in [3.05, 3.63) is 65.5 Å². The van der Waals surface area contributed by atoms with E-state index in [0.29, 0.717) is 6.54 Å². The van der Waals surface area contributed by atoms with Gasteiger partial charge in [-0.2, -0.15) is 0 Å². The van der Waals surface area contributed by atoms with E-state index in [9.17, 15) is 4.79 Å². The molecule has 0 aliphatic carbocycles. The van der Waals surface area contributed by atoms with Gasteiger partial charge in [-0.1, -0.05) is 37.3 Å². The molecule has 120 valence electrons. The Morgan fingerprint density at radius 1 is 1.26 bits per heavy atom. The second kappa shape index (κ2) is 7.38. The van der Waals surface area contributed by atoms with E-state index in [1.54, 1.807) is 6.20 Å². The highest BCUT2D eigenvalue weighted by molar-refractivity contribution is 5.82. The molecule has 1 aliphatic rings. The Bertz CT molecular complexity index is 657. The van der Waals surface area contributed by atoms with Crippen LogP contribution >= 0.6 is 0 Å². The third-order valence-corrected chi connectivity index (χ3v) is 4.28. The summed E-state index contributed by atoms with van der Waals surface area (Å²) in [5, 5.41) is 3.39. The zero-order chi connectivity index (χ0) is 16.1. The van der Waals surface area contributed by atoms with E-state index in [1.165, 1.54) is 11.1 Å². The Labute approximate surface area is 137 Å². The molecule has 1 aromatic carbocycles. The minimum absolute atomic E-state index is 0.131. The van der Waals surface area contributed by atoms with Gasteiger partial charge in [0.25, 0.3) is 0 Å². The van der Waals surface area contributed by atoms with Crippen molar-refractivity contribution in [2.75, 3.05) is 6.54 Å². The molecule has 0 saturated carbocycles. The maximum absolute atomic E-state index is 12.9. The first-order valence-electron chi connectivity index (χ1n) is 8.25. The summed E-state index contributed by atoms with van der Waals surface area (Å²) in [5.74, 6) is 0.185. The number of hydrogen-bond acceptors (Lipinski definition) is 3. The zero-order valence-electron chi connectivity index (χ0n) is 13.5. The maximum atomic E-state index is 12.9. The molecule has 0 unspecified atom stereocenters. The molecule has 23 heavy (non-hydrogen) atoms. The number of rotatable bonds is 5. The van der Waals surface area contributed by atoms with Crippen LogP contribution in [0.1, 0.15) is 30.0 Å². The second-order valence-corrected chi connectivity index (χ2v) is 6.03. The molecule has 2 aromatic rings. The third kappa shape index (κ3) is 3.77. The highest BCUT2D eigenvalue weighted by Crippen LogP contribution is 2.18. The number of carbonyl (C=O) groups is 1. The number of benzene rings is 1. The minimum atomic E-state index is -0.131. The molecule has 0 saturated heterocycles. The average Bonchev–Trinajstić information content (AvgIpc) is 2.61. The van der Waals surface area contributed by atoms with Crippen LogP contribution in [-0.4, -0.2) is 28.4 Å². The smallest absolute Gasteiger partial charge is 0.240 e. The number of fused-ring (bicyclic) bond motifs is 1. The zero-order valence-corrected chi connectivity index (χ0v) is 13.5. The molecule has 0 fully saturated rings. The van der Waals surface area contributed by atoms with Crippen molar-refractivity contribution in [2.45, 2.75) is 38.9 Å². The van der Waals surface area contributed by atoms with Crippen LogP contribution in [0.4, 0.5) is 0 Å². The predicted octanol–water partition coefficient (Wildman–Crippen LogP) is 2.53. The van der Waals surface area contributed by atoms with Gasteiger partial charge in [0.1, 0.15) is 0 Å². The van der Waals surface area contributed by atoms with Crippen molar-refractivity contribution in [1.29, 1.82) is 0 Å². The number of nitrogens with one attached hydrogen (secondary N) is 1.